The van der Waals surface area contributed by atoms with Gasteiger partial charge in [0.25, 0.3) is 0 Å². The van der Waals surface area contributed by atoms with Crippen molar-refractivity contribution in [3.8, 4) is 0 Å². The van der Waals surface area contributed by atoms with E-state index >= 15 is 0 Å². The Morgan fingerprint density at radius 1 is 1.33 bits per heavy atom. The normalized spacial score (nSPS) is 17.9. The first kappa shape index (κ1) is 15.1. The molecule has 0 unspecified atom stereocenters. The van der Waals surface area contributed by atoms with E-state index in [1.807, 2.05) is 18.2 Å². The maximum Gasteiger partial charge on any atom is 0.178 e. The van der Waals surface area contributed by atoms with Crippen molar-refractivity contribution in [2.24, 2.45) is 11.3 Å². The highest BCUT2D eigenvalue weighted by atomic mass is 35.5. The maximum atomic E-state index is 6.17. The Balaban J connectivity index is 2.01. The van der Waals surface area contributed by atoms with Gasteiger partial charge in [-0.25, -0.2) is 0 Å². The zero-order chi connectivity index (χ0) is 15.0. The number of halogens is 1. The summed E-state index contributed by atoms with van der Waals surface area (Å²) in [7, 11) is 0. The van der Waals surface area contributed by atoms with Crippen molar-refractivity contribution in [1.82, 2.24) is 9.55 Å². The maximum absolute atomic E-state index is 6.17. The van der Waals surface area contributed by atoms with Gasteiger partial charge in [0, 0.05) is 11.6 Å². The molecule has 1 aliphatic carbocycles. The molecule has 1 aromatic heterocycles. The number of rotatable bonds is 4. The van der Waals surface area contributed by atoms with E-state index < -0.39 is 0 Å². The van der Waals surface area contributed by atoms with Crippen LogP contribution in [0.3, 0.4) is 0 Å². The van der Waals surface area contributed by atoms with E-state index in [4.69, 9.17) is 23.8 Å². The molecule has 1 heterocycles. The molecule has 21 heavy (non-hydrogen) atoms. The molecule has 1 N–H and O–H groups in total. The largest absolute Gasteiger partial charge is 0.331 e. The summed E-state index contributed by atoms with van der Waals surface area (Å²) in [6.45, 7) is 5.67. The molecule has 0 amide bonds. The molecule has 2 nitrogen and oxygen atoms in total. The van der Waals surface area contributed by atoms with Crippen molar-refractivity contribution in [3.05, 3.63) is 28.0 Å². The smallest absolute Gasteiger partial charge is 0.178 e. The number of hydrogen-bond donors (Lipinski definition) is 1. The summed E-state index contributed by atoms with van der Waals surface area (Å²) in [5.74, 6) is 0.728. The Kier molecular flexibility index (Phi) is 4.15. The summed E-state index contributed by atoms with van der Waals surface area (Å²) < 4.78 is 3.09. The lowest BCUT2D eigenvalue weighted by molar-refractivity contribution is 0.198. The second kappa shape index (κ2) is 5.77. The topological polar surface area (TPSA) is 20.7 Å². The van der Waals surface area contributed by atoms with Gasteiger partial charge in [-0.15, -0.1) is 0 Å². The van der Waals surface area contributed by atoms with Crippen LogP contribution < -0.4 is 0 Å². The minimum atomic E-state index is 0.407. The molecule has 0 atom stereocenters. The molecule has 1 aliphatic rings. The first-order valence-electron chi connectivity index (χ1n) is 7.87. The van der Waals surface area contributed by atoms with Gasteiger partial charge in [-0.3, -0.25) is 0 Å². The SMILES string of the molecule is CC(C)CC1(Cn2c(=S)[nH]c3ccc(Cl)cc32)CCCC1. The molecule has 0 aliphatic heterocycles. The van der Waals surface area contributed by atoms with Gasteiger partial charge >= 0.3 is 0 Å². The van der Waals surface area contributed by atoms with Gasteiger partial charge < -0.3 is 9.55 Å². The van der Waals surface area contributed by atoms with Crippen molar-refractivity contribution in [2.45, 2.75) is 52.5 Å². The standard InChI is InChI=1S/C17H23ClN2S/c1-12(2)10-17(7-3-4-8-17)11-20-15-9-13(18)5-6-14(15)19-16(20)21/h5-6,9,12H,3-4,7-8,10-11H2,1-2H3,(H,19,21). The summed E-state index contributed by atoms with van der Waals surface area (Å²) >= 11 is 11.7. The summed E-state index contributed by atoms with van der Waals surface area (Å²) in [4.78, 5) is 3.32. The number of nitrogens with zero attached hydrogens (tertiary/aromatic N) is 1. The molecule has 114 valence electrons. The highest BCUT2D eigenvalue weighted by Crippen LogP contribution is 2.45. The van der Waals surface area contributed by atoms with Gasteiger partial charge in [0.1, 0.15) is 0 Å². The van der Waals surface area contributed by atoms with Crippen LogP contribution in [0.15, 0.2) is 18.2 Å². The average molecular weight is 323 g/mol. The van der Waals surface area contributed by atoms with Crippen molar-refractivity contribution in [3.63, 3.8) is 0 Å². The van der Waals surface area contributed by atoms with Crippen LogP contribution in [0.1, 0.15) is 46.0 Å². The molecule has 0 radical (unpaired) electrons. The summed E-state index contributed by atoms with van der Waals surface area (Å²) in [5, 5.41) is 0.773. The molecule has 1 saturated carbocycles. The first-order chi connectivity index (χ1) is 9.99. The Bertz CT molecular complexity index is 692. The van der Waals surface area contributed by atoms with E-state index in [1.165, 1.54) is 32.1 Å². The van der Waals surface area contributed by atoms with Crippen LogP contribution in [0.4, 0.5) is 0 Å². The molecule has 1 aromatic carbocycles. The predicted octanol–water partition coefficient (Wildman–Crippen LogP) is 5.96. The fourth-order valence-electron chi connectivity index (χ4n) is 4.04. The van der Waals surface area contributed by atoms with Crippen LogP contribution in [0.25, 0.3) is 11.0 Å². The van der Waals surface area contributed by atoms with Crippen LogP contribution in [-0.2, 0) is 6.54 Å². The highest BCUT2D eigenvalue weighted by Gasteiger charge is 2.35. The van der Waals surface area contributed by atoms with Gasteiger partial charge in [0.2, 0.25) is 0 Å². The van der Waals surface area contributed by atoms with E-state index in [-0.39, 0.29) is 0 Å². The fourth-order valence-corrected chi connectivity index (χ4v) is 4.48. The molecule has 0 spiro atoms. The number of imidazole rings is 1. The van der Waals surface area contributed by atoms with Gasteiger partial charge in [-0.2, -0.15) is 0 Å². The van der Waals surface area contributed by atoms with Crippen molar-refractivity contribution >= 4 is 34.9 Å². The molecular formula is C17H23ClN2S. The van der Waals surface area contributed by atoms with Crippen molar-refractivity contribution in [1.29, 1.82) is 0 Å². The second-order valence-electron chi connectivity index (χ2n) is 6.98. The zero-order valence-electron chi connectivity index (χ0n) is 12.8. The minimum absolute atomic E-state index is 0.407. The van der Waals surface area contributed by atoms with Crippen LogP contribution >= 0.6 is 23.8 Å². The molecular weight excluding hydrogens is 300 g/mol. The second-order valence-corrected chi connectivity index (χ2v) is 7.81. The number of aromatic amines is 1. The predicted molar refractivity (Wildman–Crippen MR) is 92.5 cm³/mol. The number of fused-ring (bicyclic) bond motifs is 1. The quantitative estimate of drug-likeness (QED) is 0.689. The first-order valence-corrected chi connectivity index (χ1v) is 8.66. The highest BCUT2D eigenvalue weighted by molar-refractivity contribution is 7.71. The molecule has 0 saturated heterocycles. The number of aromatic nitrogens is 2. The third-order valence-electron chi connectivity index (χ3n) is 4.74. The number of H-pyrrole nitrogens is 1. The van der Waals surface area contributed by atoms with E-state index in [9.17, 15) is 0 Å². The summed E-state index contributed by atoms with van der Waals surface area (Å²) in [6.07, 6.45) is 6.62. The van der Waals surface area contributed by atoms with Gasteiger partial charge in [0.05, 0.1) is 11.0 Å². The number of nitrogens with one attached hydrogen (secondary N) is 1. The lowest BCUT2D eigenvalue weighted by Crippen LogP contribution is -2.25. The Labute approximate surface area is 136 Å². The lowest BCUT2D eigenvalue weighted by Gasteiger charge is -2.31. The Morgan fingerprint density at radius 2 is 2.05 bits per heavy atom. The van der Waals surface area contributed by atoms with Gasteiger partial charge in [0.15, 0.2) is 4.77 Å². The van der Waals surface area contributed by atoms with E-state index in [1.54, 1.807) is 0 Å². The van der Waals surface area contributed by atoms with Gasteiger partial charge in [-0.1, -0.05) is 38.3 Å². The number of hydrogen-bond acceptors (Lipinski definition) is 1. The third kappa shape index (κ3) is 3.04. The lowest BCUT2D eigenvalue weighted by atomic mass is 9.78. The van der Waals surface area contributed by atoms with Crippen LogP contribution in [0.2, 0.25) is 5.02 Å². The monoisotopic (exact) mass is 322 g/mol. The molecule has 1 fully saturated rings. The Morgan fingerprint density at radius 3 is 2.71 bits per heavy atom. The van der Waals surface area contributed by atoms with Crippen molar-refractivity contribution < 1.29 is 0 Å². The molecule has 4 heteroatoms. The van der Waals surface area contributed by atoms with Crippen LogP contribution in [0, 0.1) is 16.1 Å². The molecule has 2 aromatic rings. The van der Waals surface area contributed by atoms with E-state index in [0.29, 0.717) is 5.41 Å². The number of benzene rings is 1. The van der Waals surface area contributed by atoms with E-state index in [0.717, 1.165) is 33.3 Å². The fraction of sp³-hybridized carbons (Fsp3) is 0.588. The molecule has 3 rings (SSSR count). The summed E-state index contributed by atoms with van der Waals surface area (Å²) in [6, 6.07) is 5.97. The third-order valence-corrected chi connectivity index (χ3v) is 5.29. The van der Waals surface area contributed by atoms with Gasteiger partial charge in [-0.05, 0) is 61.0 Å². The Hall–Kier alpha value is -0.800. The van der Waals surface area contributed by atoms with Crippen LogP contribution in [0.5, 0.6) is 0 Å². The molecule has 0 bridgehead atoms. The van der Waals surface area contributed by atoms with Crippen LogP contribution in [-0.4, -0.2) is 9.55 Å². The van der Waals surface area contributed by atoms with E-state index in [2.05, 4.69) is 23.4 Å². The zero-order valence-corrected chi connectivity index (χ0v) is 14.4. The minimum Gasteiger partial charge on any atom is -0.331 e. The summed E-state index contributed by atoms with van der Waals surface area (Å²) in [5.41, 5.74) is 2.63. The van der Waals surface area contributed by atoms with Crippen molar-refractivity contribution in [2.75, 3.05) is 0 Å². The average Bonchev–Trinajstić information content (AvgIpc) is 2.96.